The zero-order valence-electron chi connectivity index (χ0n) is 12.3. The monoisotopic (exact) mass is 268 g/mol. The van der Waals surface area contributed by atoms with Crippen molar-refractivity contribution in [2.24, 2.45) is 0 Å². The minimum Gasteiger partial charge on any atom is -0.392 e. The SMILES string of the molecule is CCCC(O)CNC(C)c1ccc(F)cc1N(C)C. The average Bonchev–Trinajstić information content (AvgIpc) is 2.36. The fourth-order valence-corrected chi connectivity index (χ4v) is 2.13. The van der Waals surface area contributed by atoms with Crippen molar-refractivity contribution >= 4 is 5.69 Å². The summed E-state index contributed by atoms with van der Waals surface area (Å²) >= 11 is 0. The van der Waals surface area contributed by atoms with Gasteiger partial charge in [0.25, 0.3) is 0 Å². The standard InChI is InChI=1S/C15H25FN2O/c1-5-6-13(19)10-17-11(2)14-8-7-12(16)9-15(14)18(3)4/h7-9,11,13,17,19H,5-6,10H2,1-4H3. The van der Waals surface area contributed by atoms with Crippen molar-refractivity contribution < 1.29 is 9.50 Å². The molecule has 1 aromatic carbocycles. The number of rotatable bonds is 7. The lowest BCUT2D eigenvalue weighted by Crippen LogP contribution is -2.29. The topological polar surface area (TPSA) is 35.5 Å². The first kappa shape index (κ1) is 15.9. The molecule has 0 spiro atoms. The molecule has 0 heterocycles. The molecule has 0 aliphatic rings. The van der Waals surface area contributed by atoms with Gasteiger partial charge in [0.15, 0.2) is 0 Å². The second-order valence-electron chi connectivity index (χ2n) is 5.17. The van der Waals surface area contributed by atoms with Crippen LogP contribution in [0.15, 0.2) is 18.2 Å². The molecule has 1 rings (SSSR count). The van der Waals surface area contributed by atoms with Crippen molar-refractivity contribution in [3.05, 3.63) is 29.6 Å². The fourth-order valence-electron chi connectivity index (χ4n) is 2.13. The van der Waals surface area contributed by atoms with Crippen molar-refractivity contribution in [1.29, 1.82) is 0 Å². The van der Waals surface area contributed by atoms with Gasteiger partial charge in [-0.2, -0.15) is 0 Å². The molecular formula is C15H25FN2O. The van der Waals surface area contributed by atoms with Gasteiger partial charge >= 0.3 is 0 Å². The molecular weight excluding hydrogens is 243 g/mol. The highest BCUT2D eigenvalue weighted by Crippen LogP contribution is 2.25. The molecule has 108 valence electrons. The Morgan fingerprint density at radius 3 is 2.63 bits per heavy atom. The maximum absolute atomic E-state index is 13.3. The van der Waals surface area contributed by atoms with E-state index in [0.717, 1.165) is 24.1 Å². The number of halogens is 1. The van der Waals surface area contributed by atoms with Crippen LogP contribution < -0.4 is 10.2 Å². The highest BCUT2D eigenvalue weighted by atomic mass is 19.1. The molecule has 0 aliphatic carbocycles. The second kappa shape index (κ2) is 7.46. The molecule has 1 aromatic rings. The zero-order chi connectivity index (χ0) is 14.4. The summed E-state index contributed by atoms with van der Waals surface area (Å²) < 4.78 is 13.3. The molecule has 0 fully saturated rings. The van der Waals surface area contributed by atoms with Crippen LogP contribution in [-0.4, -0.2) is 31.9 Å². The normalized spacial score (nSPS) is 14.2. The third-order valence-corrected chi connectivity index (χ3v) is 3.22. The molecule has 0 saturated carbocycles. The van der Waals surface area contributed by atoms with Gasteiger partial charge in [-0.05, 0) is 31.0 Å². The third kappa shape index (κ3) is 4.80. The maximum Gasteiger partial charge on any atom is 0.125 e. The Bertz CT molecular complexity index is 396. The van der Waals surface area contributed by atoms with E-state index in [1.165, 1.54) is 12.1 Å². The lowest BCUT2D eigenvalue weighted by Gasteiger charge is -2.23. The molecule has 3 nitrogen and oxygen atoms in total. The first-order valence-corrected chi connectivity index (χ1v) is 6.84. The van der Waals surface area contributed by atoms with E-state index in [2.05, 4.69) is 12.2 Å². The number of nitrogens with one attached hydrogen (secondary N) is 1. The third-order valence-electron chi connectivity index (χ3n) is 3.22. The minimum atomic E-state index is -0.323. The predicted molar refractivity (Wildman–Crippen MR) is 78.1 cm³/mol. The van der Waals surface area contributed by atoms with Crippen molar-refractivity contribution in [2.75, 3.05) is 25.5 Å². The van der Waals surface area contributed by atoms with Gasteiger partial charge in [-0.1, -0.05) is 19.4 Å². The van der Waals surface area contributed by atoms with Gasteiger partial charge in [-0.25, -0.2) is 4.39 Å². The quantitative estimate of drug-likeness (QED) is 0.798. The van der Waals surface area contributed by atoms with E-state index < -0.39 is 0 Å². The smallest absolute Gasteiger partial charge is 0.125 e. The van der Waals surface area contributed by atoms with Gasteiger partial charge in [-0.3, -0.25) is 0 Å². The molecule has 0 saturated heterocycles. The molecule has 19 heavy (non-hydrogen) atoms. The Morgan fingerprint density at radius 2 is 2.05 bits per heavy atom. The van der Waals surface area contributed by atoms with Crippen LogP contribution >= 0.6 is 0 Å². The molecule has 2 N–H and O–H groups in total. The van der Waals surface area contributed by atoms with Crippen LogP contribution in [0.4, 0.5) is 10.1 Å². The summed E-state index contributed by atoms with van der Waals surface area (Å²) in [6.45, 7) is 4.63. The molecule has 0 amide bonds. The second-order valence-corrected chi connectivity index (χ2v) is 5.17. The van der Waals surface area contributed by atoms with E-state index in [0.29, 0.717) is 6.54 Å². The molecule has 4 heteroatoms. The first-order chi connectivity index (χ1) is 8.95. The van der Waals surface area contributed by atoms with Crippen molar-refractivity contribution in [2.45, 2.75) is 38.8 Å². The van der Waals surface area contributed by atoms with Gasteiger partial charge in [0.05, 0.1) is 6.10 Å². The number of hydrogen-bond donors (Lipinski definition) is 2. The van der Waals surface area contributed by atoms with Crippen LogP contribution in [0.25, 0.3) is 0 Å². The van der Waals surface area contributed by atoms with Gasteiger partial charge in [-0.15, -0.1) is 0 Å². The van der Waals surface area contributed by atoms with Crippen molar-refractivity contribution in [1.82, 2.24) is 5.32 Å². The fraction of sp³-hybridized carbons (Fsp3) is 0.600. The van der Waals surface area contributed by atoms with Crippen LogP contribution in [0.3, 0.4) is 0 Å². The maximum atomic E-state index is 13.3. The van der Waals surface area contributed by atoms with Gasteiger partial charge < -0.3 is 15.3 Å². The lowest BCUT2D eigenvalue weighted by molar-refractivity contribution is 0.157. The van der Waals surface area contributed by atoms with E-state index >= 15 is 0 Å². The van der Waals surface area contributed by atoms with Crippen molar-refractivity contribution in [3.63, 3.8) is 0 Å². The van der Waals surface area contributed by atoms with Crippen LogP contribution in [-0.2, 0) is 0 Å². The molecule has 2 unspecified atom stereocenters. The zero-order valence-corrected chi connectivity index (χ0v) is 12.3. The van der Waals surface area contributed by atoms with Crippen LogP contribution in [0.2, 0.25) is 0 Å². The van der Waals surface area contributed by atoms with Gasteiger partial charge in [0.2, 0.25) is 0 Å². The van der Waals surface area contributed by atoms with E-state index in [4.69, 9.17) is 0 Å². The minimum absolute atomic E-state index is 0.0736. The summed E-state index contributed by atoms with van der Waals surface area (Å²) in [7, 11) is 3.80. The number of aliphatic hydroxyl groups is 1. The number of hydrogen-bond acceptors (Lipinski definition) is 3. The van der Waals surface area contributed by atoms with Gasteiger partial charge in [0.1, 0.15) is 5.82 Å². The summed E-state index contributed by atoms with van der Waals surface area (Å²) in [5.41, 5.74) is 1.90. The van der Waals surface area contributed by atoms with Crippen LogP contribution in [0, 0.1) is 5.82 Å². The van der Waals surface area contributed by atoms with E-state index in [-0.39, 0.29) is 18.0 Å². The summed E-state index contributed by atoms with van der Waals surface area (Å²) in [5.74, 6) is -0.231. The Balaban J connectivity index is 2.73. The Labute approximate surface area is 115 Å². The Kier molecular flexibility index (Phi) is 6.25. The van der Waals surface area contributed by atoms with Crippen molar-refractivity contribution in [3.8, 4) is 0 Å². The number of aliphatic hydroxyl groups excluding tert-OH is 1. The van der Waals surface area contributed by atoms with E-state index in [9.17, 15) is 9.50 Å². The summed E-state index contributed by atoms with van der Waals surface area (Å²) in [5, 5.41) is 13.0. The van der Waals surface area contributed by atoms with E-state index in [1.807, 2.05) is 25.9 Å². The van der Waals surface area contributed by atoms with E-state index in [1.54, 1.807) is 6.07 Å². The molecule has 0 bridgehead atoms. The molecule has 2 atom stereocenters. The summed E-state index contributed by atoms with van der Waals surface area (Å²) in [6.07, 6.45) is 1.44. The predicted octanol–water partition coefficient (Wildman–Crippen LogP) is 2.70. The number of nitrogens with zero attached hydrogens (tertiary/aromatic N) is 1. The summed E-state index contributed by atoms with van der Waals surface area (Å²) in [4.78, 5) is 1.90. The molecule has 0 radical (unpaired) electrons. The van der Waals surface area contributed by atoms with Gasteiger partial charge in [0, 0.05) is 32.4 Å². The molecule has 0 aromatic heterocycles. The first-order valence-electron chi connectivity index (χ1n) is 6.84. The lowest BCUT2D eigenvalue weighted by atomic mass is 10.0. The van der Waals surface area contributed by atoms with Crippen LogP contribution in [0.5, 0.6) is 0 Å². The Hall–Kier alpha value is -1.13. The van der Waals surface area contributed by atoms with Crippen LogP contribution in [0.1, 0.15) is 38.3 Å². The number of benzene rings is 1. The largest absolute Gasteiger partial charge is 0.392 e. The average molecular weight is 268 g/mol. The molecule has 0 aliphatic heterocycles. The Morgan fingerprint density at radius 1 is 1.37 bits per heavy atom. The highest BCUT2D eigenvalue weighted by molar-refractivity contribution is 5.54. The summed E-state index contributed by atoms with van der Waals surface area (Å²) in [6, 6.07) is 4.89. The highest BCUT2D eigenvalue weighted by Gasteiger charge is 2.14. The number of anilines is 1.